The lowest BCUT2D eigenvalue weighted by atomic mass is 10.2. The molecule has 1 unspecified atom stereocenters. The van der Waals surface area contributed by atoms with Crippen LogP contribution < -0.4 is 5.32 Å². The smallest absolute Gasteiger partial charge is 0.237 e. The van der Waals surface area contributed by atoms with Crippen LogP contribution >= 0.6 is 11.8 Å². The second-order valence-electron chi connectivity index (χ2n) is 6.32. The minimum absolute atomic E-state index is 0.0298. The van der Waals surface area contributed by atoms with Crippen LogP contribution in [0.1, 0.15) is 25.8 Å². The molecule has 1 aromatic heterocycles. The molecular formula is C19H19N5OS. The molecule has 132 valence electrons. The van der Waals surface area contributed by atoms with Crippen LogP contribution in [-0.4, -0.2) is 31.4 Å². The molecule has 1 amide bonds. The van der Waals surface area contributed by atoms with Gasteiger partial charge in [-0.25, -0.2) is 4.68 Å². The van der Waals surface area contributed by atoms with Gasteiger partial charge in [-0.2, -0.15) is 0 Å². The van der Waals surface area contributed by atoms with Crippen LogP contribution in [0, 0.1) is 0 Å². The Kier molecular flexibility index (Phi) is 4.71. The number of hydrogen-bond donors (Lipinski definition) is 1. The normalized spacial score (nSPS) is 14.8. The number of carbonyl (C=O) groups is 1. The van der Waals surface area contributed by atoms with E-state index >= 15 is 0 Å². The summed E-state index contributed by atoms with van der Waals surface area (Å²) >= 11 is 1.54. The van der Waals surface area contributed by atoms with Gasteiger partial charge in [-0.1, -0.05) is 30.3 Å². The fraction of sp³-hybridized carbons (Fsp3) is 0.263. The molecule has 0 spiro atoms. The van der Waals surface area contributed by atoms with Gasteiger partial charge in [-0.05, 0) is 54.5 Å². The van der Waals surface area contributed by atoms with Gasteiger partial charge in [0.05, 0.1) is 11.3 Å². The first-order valence-corrected chi connectivity index (χ1v) is 9.49. The highest BCUT2D eigenvalue weighted by molar-refractivity contribution is 8.00. The van der Waals surface area contributed by atoms with Gasteiger partial charge in [-0.15, -0.1) is 16.9 Å². The Morgan fingerprint density at radius 2 is 2.00 bits per heavy atom. The van der Waals surface area contributed by atoms with Crippen molar-refractivity contribution >= 4 is 23.4 Å². The van der Waals surface area contributed by atoms with Gasteiger partial charge in [0.25, 0.3) is 0 Å². The summed E-state index contributed by atoms with van der Waals surface area (Å²) in [6.07, 6.45) is 2.23. The Bertz CT molecular complexity index is 907. The lowest BCUT2D eigenvalue weighted by Gasteiger charge is -2.12. The Labute approximate surface area is 156 Å². The summed E-state index contributed by atoms with van der Waals surface area (Å²) in [6, 6.07) is 18.0. The molecule has 6 nitrogen and oxygen atoms in total. The number of rotatable bonds is 6. The van der Waals surface area contributed by atoms with E-state index in [-0.39, 0.29) is 11.2 Å². The molecule has 7 heteroatoms. The van der Waals surface area contributed by atoms with Gasteiger partial charge in [0, 0.05) is 16.1 Å². The van der Waals surface area contributed by atoms with E-state index in [9.17, 15) is 4.79 Å². The van der Waals surface area contributed by atoms with E-state index in [2.05, 4.69) is 20.8 Å². The van der Waals surface area contributed by atoms with Gasteiger partial charge in [0.15, 0.2) is 5.82 Å². The molecule has 0 saturated heterocycles. The van der Waals surface area contributed by atoms with E-state index in [1.54, 1.807) is 0 Å². The van der Waals surface area contributed by atoms with Crippen LogP contribution in [0.3, 0.4) is 0 Å². The second kappa shape index (κ2) is 7.29. The summed E-state index contributed by atoms with van der Waals surface area (Å²) in [5.41, 5.74) is 1.65. The zero-order valence-electron chi connectivity index (χ0n) is 14.4. The maximum Gasteiger partial charge on any atom is 0.237 e. The van der Waals surface area contributed by atoms with Crippen molar-refractivity contribution < 1.29 is 4.79 Å². The van der Waals surface area contributed by atoms with E-state index in [1.165, 1.54) is 11.8 Å². The molecule has 1 aliphatic rings. The maximum atomic E-state index is 12.5. The zero-order chi connectivity index (χ0) is 17.9. The van der Waals surface area contributed by atoms with Crippen LogP contribution in [0.15, 0.2) is 59.5 Å². The van der Waals surface area contributed by atoms with E-state index in [0.717, 1.165) is 34.8 Å². The van der Waals surface area contributed by atoms with Crippen molar-refractivity contribution in [2.75, 3.05) is 5.32 Å². The van der Waals surface area contributed by atoms with Crippen LogP contribution in [0.4, 0.5) is 5.69 Å². The molecule has 0 bridgehead atoms. The molecule has 1 heterocycles. The largest absolute Gasteiger partial charge is 0.325 e. The minimum atomic E-state index is -0.196. The predicted octanol–water partition coefficient (Wildman–Crippen LogP) is 3.79. The van der Waals surface area contributed by atoms with Crippen molar-refractivity contribution in [1.82, 2.24) is 20.2 Å². The van der Waals surface area contributed by atoms with E-state index in [0.29, 0.717) is 6.04 Å². The number of anilines is 1. The van der Waals surface area contributed by atoms with Crippen molar-refractivity contribution in [2.45, 2.75) is 36.0 Å². The van der Waals surface area contributed by atoms with Crippen molar-refractivity contribution in [3.8, 4) is 11.4 Å². The average molecular weight is 365 g/mol. The highest BCUT2D eigenvalue weighted by atomic mass is 32.2. The summed E-state index contributed by atoms with van der Waals surface area (Å²) in [5, 5.41) is 14.8. The zero-order valence-corrected chi connectivity index (χ0v) is 15.2. The number of carbonyl (C=O) groups excluding carboxylic acids is 1. The van der Waals surface area contributed by atoms with Crippen molar-refractivity contribution in [2.24, 2.45) is 0 Å². The number of benzene rings is 2. The fourth-order valence-corrected chi connectivity index (χ4v) is 3.57. The van der Waals surface area contributed by atoms with Crippen molar-refractivity contribution in [1.29, 1.82) is 0 Å². The van der Waals surface area contributed by atoms with E-state index in [1.807, 2.05) is 66.2 Å². The van der Waals surface area contributed by atoms with Crippen LogP contribution in [0.25, 0.3) is 11.4 Å². The van der Waals surface area contributed by atoms with Crippen LogP contribution in [-0.2, 0) is 4.79 Å². The molecule has 1 fully saturated rings. The first-order chi connectivity index (χ1) is 12.7. The monoisotopic (exact) mass is 365 g/mol. The molecule has 0 radical (unpaired) electrons. The van der Waals surface area contributed by atoms with Gasteiger partial charge < -0.3 is 5.32 Å². The van der Waals surface area contributed by atoms with Crippen LogP contribution in [0.2, 0.25) is 0 Å². The lowest BCUT2D eigenvalue weighted by Crippen LogP contribution is -2.22. The first-order valence-electron chi connectivity index (χ1n) is 8.61. The Morgan fingerprint density at radius 3 is 2.77 bits per heavy atom. The van der Waals surface area contributed by atoms with E-state index in [4.69, 9.17) is 0 Å². The molecule has 0 aliphatic heterocycles. The molecule has 1 saturated carbocycles. The summed E-state index contributed by atoms with van der Waals surface area (Å²) in [4.78, 5) is 13.6. The quantitative estimate of drug-likeness (QED) is 0.673. The fourth-order valence-electron chi connectivity index (χ4n) is 2.69. The van der Waals surface area contributed by atoms with Crippen LogP contribution in [0.5, 0.6) is 0 Å². The number of nitrogens with one attached hydrogen (secondary N) is 1. The third kappa shape index (κ3) is 3.77. The topological polar surface area (TPSA) is 72.7 Å². The second-order valence-corrected chi connectivity index (χ2v) is 7.74. The molecule has 1 N–H and O–H groups in total. The SMILES string of the molecule is CC(Sc1ccccc1)C(=O)Nc1cccc(-c2nnnn2C2CC2)c1. The molecular weight excluding hydrogens is 346 g/mol. The molecule has 2 aromatic carbocycles. The summed E-state index contributed by atoms with van der Waals surface area (Å²) in [6.45, 7) is 1.91. The van der Waals surface area contributed by atoms with E-state index < -0.39 is 0 Å². The lowest BCUT2D eigenvalue weighted by molar-refractivity contribution is -0.115. The van der Waals surface area contributed by atoms with Crippen molar-refractivity contribution in [3.63, 3.8) is 0 Å². The molecule has 4 rings (SSSR count). The molecule has 3 aromatic rings. The number of thioether (sulfide) groups is 1. The molecule has 26 heavy (non-hydrogen) atoms. The summed E-state index contributed by atoms with van der Waals surface area (Å²) in [5.74, 6) is 0.716. The number of hydrogen-bond acceptors (Lipinski definition) is 5. The van der Waals surface area contributed by atoms with Gasteiger partial charge in [0.2, 0.25) is 5.91 Å². The predicted molar refractivity (Wildman–Crippen MR) is 102 cm³/mol. The Hall–Kier alpha value is -2.67. The standard InChI is InChI=1S/C19H19N5OS/c1-13(26-17-8-3-2-4-9-17)19(25)20-15-7-5-6-14(12-15)18-21-22-23-24(18)16-10-11-16/h2-9,12-13,16H,10-11H2,1H3,(H,20,25). The average Bonchev–Trinajstić information content (AvgIpc) is 3.39. The number of amides is 1. The molecule has 1 aliphatic carbocycles. The van der Waals surface area contributed by atoms with Gasteiger partial charge in [0.1, 0.15) is 0 Å². The maximum absolute atomic E-state index is 12.5. The summed E-state index contributed by atoms with van der Waals surface area (Å²) in [7, 11) is 0. The highest BCUT2D eigenvalue weighted by Crippen LogP contribution is 2.36. The number of nitrogens with zero attached hydrogens (tertiary/aromatic N) is 4. The Balaban J connectivity index is 1.46. The highest BCUT2D eigenvalue weighted by Gasteiger charge is 2.28. The number of aromatic nitrogens is 4. The third-order valence-electron chi connectivity index (χ3n) is 4.20. The Morgan fingerprint density at radius 1 is 1.19 bits per heavy atom. The summed E-state index contributed by atoms with van der Waals surface area (Å²) < 4.78 is 1.87. The van der Waals surface area contributed by atoms with Gasteiger partial charge in [-0.3, -0.25) is 4.79 Å². The van der Waals surface area contributed by atoms with Crippen molar-refractivity contribution in [3.05, 3.63) is 54.6 Å². The third-order valence-corrected chi connectivity index (χ3v) is 5.31. The first kappa shape index (κ1) is 16.8. The number of tetrazole rings is 1. The molecule has 1 atom stereocenters. The minimum Gasteiger partial charge on any atom is -0.325 e. The van der Waals surface area contributed by atoms with Gasteiger partial charge >= 0.3 is 0 Å².